The van der Waals surface area contributed by atoms with Crippen LogP contribution in [0.15, 0.2) is 0 Å². The molecular formula is C15H22N2O3S. The van der Waals surface area contributed by atoms with Crippen LogP contribution in [0.4, 0.5) is 5.13 Å². The van der Waals surface area contributed by atoms with Gasteiger partial charge in [0, 0.05) is 18.0 Å². The summed E-state index contributed by atoms with van der Waals surface area (Å²) in [7, 11) is 0. The van der Waals surface area contributed by atoms with Crippen LogP contribution in [0.2, 0.25) is 0 Å². The van der Waals surface area contributed by atoms with Crippen LogP contribution in [0.1, 0.15) is 50.6 Å². The molecule has 1 saturated heterocycles. The van der Waals surface area contributed by atoms with Crippen LogP contribution < -0.4 is 4.90 Å². The third kappa shape index (κ3) is 2.79. The molecule has 1 fully saturated rings. The molecule has 0 bridgehead atoms. The summed E-state index contributed by atoms with van der Waals surface area (Å²) < 4.78 is 6.09. The van der Waals surface area contributed by atoms with Gasteiger partial charge in [0.25, 0.3) is 0 Å². The van der Waals surface area contributed by atoms with E-state index in [9.17, 15) is 9.90 Å². The number of thiazole rings is 1. The summed E-state index contributed by atoms with van der Waals surface area (Å²) in [5.41, 5.74) is 0.318. The van der Waals surface area contributed by atoms with Gasteiger partial charge in [0.05, 0.1) is 16.9 Å². The first-order valence-electron chi connectivity index (χ1n) is 7.34. The summed E-state index contributed by atoms with van der Waals surface area (Å²) in [5.74, 6) is -1.18. The van der Waals surface area contributed by atoms with Crippen LogP contribution in [0.25, 0.3) is 0 Å². The number of carbonyl (C=O) groups is 1. The Hall–Kier alpha value is -1.14. The van der Waals surface area contributed by atoms with Gasteiger partial charge in [0.1, 0.15) is 5.92 Å². The molecule has 1 aromatic heterocycles. The van der Waals surface area contributed by atoms with Crippen molar-refractivity contribution < 1.29 is 14.6 Å². The molecule has 2 aliphatic rings. The Labute approximate surface area is 128 Å². The number of morpholine rings is 1. The Morgan fingerprint density at radius 1 is 1.33 bits per heavy atom. The van der Waals surface area contributed by atoms with Gasteiger partial charge in [0.2, 0.25) is 0 Å². The van der Waals surface area contributed by atoms with Crippen molar-refractivity contribution in [2.45, 2.75) is 57.7 Å². The number of nitrogens with zero attached hydrogens (tertiary/aromatic N) is 2. The second kappa shape index (κ2) is 4.68. The van der Waals surface area contributed by atoms with Gasteiger partial charge in [-0.25, -0.2) is 4.98 Å². The van der Waals surface area contributed by atoms with E-state index in [0.29, 0.717) is 6.42 Å². The first-order valence-corrected chi connectivity index (χ1v) is 8.16. The number of hydrogen-bond acceptors (Lipinski definition) is 5. The molecule has 0 radical (unpaired) electrons. The largest absolute Gasteiger partial charge is 0.481 e. The number of aryl methyl sites for hydroxylation is 1. The van der Waals surface area contributed by atoms with Crippen molar-refractivity contribution in [3.63, 3.8) is 0 Å². The second-order valence-electron chi connectivity index (χ2n) is 7.21. The van der Waals surface area contributed by atoms with E-state index < -0.39 is 11.9 Å². The first kappa shape index (κ1) is 14.8. The van der Waals surface area contributed by atoms with Crippen molar-refractivity contribution in [3.8, 4) is 0 Å². The van der Waals surface area contributed by atoms with E-state index in [1.54, 1.807) is 11.3 Å². The minimum Gasteiger partial charge on any atom is -0.481 e. The van der Waals surface area contributed by atoms with E-state index in [2.05, 4.69) is 37.6 Å². The highest BCUT2D eigenvalue weighted by Gasteiger charge is 2.40. The van der Waals surface area contributed by atoms with E-state index in [0.717, 1.165) is 35.2 Å². The highest BCUT2D eigenvalue weighted by Crippen LogP contribution is 2.41. The predicted octanol–water partition coefficient (Wildman–Crippen LogP) is 2.65. The summed E-state index contributed by atoms with van der Waals surface area (Å²) in [5, 5.41) is 10.2. The molecule has 21 heavy (non-hydrogen) atoms. The zero-order valence-corrected chi connectivity index (χ0v) is 13.8. The van der Waals surface area contributed by atoms with Crippen LogP contribution in [0, 0.1) is 0 Å². The van der Waals surface area contributed by atoms with Gasteiger partial charge in [-0.1, -0.05) is 0 Å². The van der Waals surface area contributed by atoms with Crippen LogP contribution in [0.5, 0.6) is 0 Å². The Balaban J connectivity index is 1.88. The number of rotatable bonds is 2. The molecule has 1 N–H and O–H groups in total. The Morgan fingerprint density at radius 2 is 1.95 bits per heavy atom. The lowest BCUT2D eigenvalue weighted by molar-refractivity contribution is -0.139. The molecular weight excluding hydrogens is 288 g/mol. The molecule has 0 amide bonds. The molecule has 1 aliphatic heterocycles. The molecule has 5 nitrogen and oxygen atoms in total. The van der Waals surface area contributed by atoms with Crippen LogP contribution >= 0.6 is 11.3 Å². The molecule has 0 saturated carbocycles. The number of carboxylic acid groups (broad SMARTS) is 1. The zero-order valence-electron chi connectivity index (χ0n) is 13.0. The number of fused-ring (bicyclic) bond motifs is 1. The van der Waals surface area contributed by atoms with Gasteiger partial charge >= 0.3 is 5.97 Å². The van der Waals surface area contributed by atoms with Gasteiger partial charge in [-0.3, -0.25) is 4.79 Å². The van der Waals surface area contributed by atoms with Gasteiger partial charge in [0.15, 0.2) is 5.13 Å². The number of aromatic nitrogens is 1. The van der Waals surface area contributed by atoms with Crippen LogP contribution in [0.3, 0.4) is 0 Å². The smallest absolute Gasteiger partial charge is 0.312 e. The highest BCUT2D eigenvalue weighted by atomic mass is 32.1. The summed E-state index contributed by atoms with van der Waals surface area (Å²) in [6.07, 6.45) is 1.52. The molecule has 0 aromatic carbocycles. The molecule has 1 aromatic rings. The normalized spacial score (nSPS) is 26.7. The van der Waals surface area contributed by atoms with Crippen molar-refractivity contribution in [2.75, 3.05) is 18.0 Å². The molecule has 6 heteroatoms. The Morgan fingerprint density at radius 3 is 2.52 bits per heavy atom. The van der Waals surface area contributed by atoms with E-state index in [4.69, 9.17) is 4.74 Å². The standard InChI is InChI=1S/C15H22N2O3S/c1-14(2)7-17(8-15(3,4)20-14)13-16-11-9(12(18)19)5-6-10(11)21-13/h9H,5-8H2,1-4H3,(H,18,19). The van der Waals surface area contributed by atoms with Gasteiger partial charge < -0.3 is 14.7 Å². The maximum absolute atomic E-state index is 11.3. The van der Waals surface area contributed by atoms with Crippen molar-refractivity contribution in [1.82, 2.24) is 4.98 Å². The number of carboxylic acids is 1. The maximum atomic E-state index is 11.3. The number of hydrogen-bond donors (Lipinski definition) is 1. The average Bonchev–Trinajstić information content (AvgIpc) is 2.81. The van der Waals surface area contributed by atoms with Gasteiger partial charge in [-0.05, 0) is 40.5 Å². The number of aliphatic carboxylic acids is 1. The lowest BCUT2D eigenvalue weighted by Crippen LogP contribution is -2.57. The van der Waals surface area contributed by atoms with Crippen molar-refractivity contribution in [2.24, 2.45) is 0 Å². The molecule has 1 aliphatic carbocycles. The lowest BCUT2D eigenvalue weighted by Gasteiger charge is -2.47. The van der Waals surface area contributed by atoms with Crippen molar-refractivity contribution in [3.05, 3.63) is 10.6 Å². The Kier molecular flexibility index (Phi) is 3.29. The third-order valence-corrected chi connectivity index (χ3v) is 5.16. The quantitative estimate of drug-likeness (QED) is 0.910. The molecule has 116 valence electrons. The summed E-state index contributed by atoms with van der Waals surface area (Å²) in [6.45, 7) is 9.90. The first-order chi connectivity index (χ1) is 9.67. The van der Waals surface area contributed by atoms with Gasteiger partial charge in [-0.15, -0.1) is 11.3 Å². The summed E-state index contributed by atoms with van der Waals surface area (Å²) in [4.78, 5) is 19.3. The average molecular weight is 310 g/mol. The number of anilines is 1. The van der Waals surface area contributed by atoms with Gasteiger partial charge in [-0.2, -0.15) is 0 Å². The third-order valence-electron chi connectivity index (χ3n) is 3.97. The molecule has 2 heterocycles. The highest BCUT2D eigenvalue weighted by molar-refractivity contribution is 7.15. The molecule has 1 unspecified atom stereocenters. The lowest BCUT2D eigenvalue weighted by atomic mass is 9.99. The minimum absolute atomic E-state index is 0.232. The van der Waals surface area contributed by atoms with E-state index in [-0.39, 0.29) is 11.2 Å². The molecule has 3 rings (SSSR count). The Bertz CT molecular complexity index is 563. The fourth-order valence-corrected chi connectivity index (χ4v) is 4.65. The van der Waals surface area contributed by atoms with Crippen LogP contribution in [-0.4, -0.2) is 40.4 Å². The predicted molar refractivity (Wildman–Crippen MR) is 82.3 cm³/mol. The maximum Gasteiger partial charge on any atom is 0.312 e. The van der Waals surface area contributed by atoms with Crippen molar-refractivity contribution in [1.29, 1.82) is 0 Å². The van der Waals surface area contributed by atoms with E-state index in [1.807, 2.05) is 0 Å². The fraction of sp³-hybridized carbons (Fsp3) is 0.733. The summed E-state index contributed by atoms with van der Waals surface area (Å²) in [6, 6.07) is 0. The molecule has 1 atom stereocenters. The fourth-order valence-electron chi connectivity index (χ4n) is 3.51. The van der Waals surface area contributed by atoms with E-state index >= 15 is 0 Å². The topological polar surface area (TPSA) is 62.7 Å². The minimum atomic E-state index is -0.756. The monoisotopic (exact) mass is 310 g/mol. The zero-order chi connectivity index (χ0) is 15.4. The SMILES string of the molecule is CC1(C)CN(c2nc3c(s2)CCC3C(=O)O)CC(C)(C)O1. The molecule has 0 spiro atoms. The van der Waals surface area contributed by atoms with E-state index in [1.165, 1.54) is 0 Å². The van der Waals surface area contributed by atoms with Crippen LogP contribution in [-0.2, 0) is 16.0 Å². The second-order valence-corrected chi connectivity index (χ2v) is 8.27. The number of ether oxygens (including phenoxy) is 1. The summed E-state index contributed by atoms with van der Waals surface area (Å²) >= 11 is 1.65. The van der Waals surface area contributed by atoms with Crippen molar-refractivity contribution >= 4 is 22.4 Å².